The molecule has 98 valence electrons. The zero-order chi connectivity index (χ0) is 13.1. The predicted octanol–water partition coefficient (Wildman–Crippen LogP) is 2.97. The average Bonchev–Trinajstić information content (AvgIpc) is 2.67. The van der Waals surface area contributed by atoms with Gasteiger partial charge in [-0.2, -0.15) is 0 Å². The molecule has 0 radical (unpaired) electrons. The Hall–Kier alpha value is -1.35. The van der Waals surface area contributed by atoms with Gasteiger partial charge in [-0.1, -0.05) is 20.3 Å². The molecule has 3 heteroatoms. The van der Waals surface area contributed by atoms with Gasteiger partial charge in [0.25, 0.3) is 0 Å². The quantitative estimate of drug-likeness (QED) is 0.880. The standard InChI is InChI=1S/C15H23N3/c1-4-11(2)9-18-10-13(8-12(3)16)14-6-5-7-17-15(14)18/h5-7,10-12H,4,8-9,16H2,1-3H3. The fraction of sp³-hybridized carbons (Fsp3) is 0.533. The summed E-state index contributed by atoms with van der Waals surface area (Å²) in [7, 11) is 0. The molecule has 2 unspecified atom stereocenters. The average molecular weight is 245 g/mol. The van der Waals surface area contributed by atoms with E-state index in [1.165, 1.54) is 17.4 Å². The fourth-order valence-electron chi connectivity index (χ4n) is 2.31. The summed E-state index contributed by atoms with van der Waals surface area (Å²) in [6.07, 6.45) is 6.20. The van der Waals surface area contributed by atoms with Gasteiger partial charge in [-0.25, -0.2) is 4.98 Å². The topological polar surface area (TPSA) is 43.8 Å². The molecule has 0 aliphatic heterocycles. The van der Waals surface area contributed by atoms with Crippen LogP contribution in [0.25, 0.3) is 11.0 Å². The van der Waals surface area contributed by atoms with Crippen molar-refractivity contribution in [2.24, 2.45) is 11.7 Å². The van der Waals surface area contributed by atoms with Crippen LogP contribution in [0.15, 0.2) is 24.5 Å². The Bertz CT molecular complexity index is 513. The molecule has 0 aliphatic carbocycles. The lowest BCUT2D eigenvalue weighted by Crippen LogP contribution is -2.17. The lowest BCUT2D eigenvalue weighted by Gasteiger charge is -2.10. The molecule has 2 N–H and O–H groups in total. The lowest BCUT2D eigenvalue weighted by atomic mass is 10.1. The fourth-order valence-corrected chi connectivity index (χ4v) is 2.31. The molecule has 2 atom stereocenters. The van der Waals surface area contributed by atoms with Crippen molar-refractivity contribution in [1.29, 1.82) is 0 Å². The number of fused-ring (bicyclic) bond motifs is 1. The summed E-state index contributed by atoms with van der Waals surface area (Å²) in [4.78, 5) is 4.52. The van der Waals surface area contributed by atoms with E-state index in [4.69, 9.17) is 5.73 Å². The Morgan fingerprint density at radius 3 is 2.83 bits per heavy atom. The SMILES string of the molecule is CCC(C)Cn1cc(CC(C)N)c2cccnc21. The van der Waals surface area contributed by atoms with Gasteiger partial charge in [-0.3, -0.25) is 0 Å². The van der Waals surface area contributed by atoms with E-state index in [1.54, 1.807) is 0 Å². The van der Waals surface area contributed by atoms with E-state index in [0.29, 0.717) is 5.92 Å². The summed E-state index contributed by atoms with van der Waals surface area (Å²) in [6, 6.07) is 4.33. The second-order valence-electron chi connectivity index (χ2n) is 5.38. The number of aromatic nitrogens is 2. The van der Waals surface area contributed by atoms with Crippen molar-refractivity contribution in [3.8, 4) is 0 Å². The highest BCUT2D eigenvalue weighted by molar-refractivity contribution is 5.80. The zero-order valence-corrected chi connectivity index (χ0v) is 11.6. The van der Waals surface area contributed by atoms with Crippen molar-refractivity contribution in [2.45, 2.75) is 46.2 Å². The summed E-state index contributed by atoms with van der Waals surface area (Å²) in [5, 5.41) is 1.25. The Balaban J connectivity index is 2.40. The molecule has 0 bridgehead atoms. The normalized spacial score (nSPS) is 14.9. The van der Waals surface area contributed by atoms with Crippen LogP contribution in [0, 0.1) is 5.92 Å². The summed E-state index contributed by atoms with van der Waals surface area (Å²) in [5.41, 5.74) is 8.33. The van der Waals surface area contributed by atoms with Crippen LogP contribution in [0.4, 0.5) is 0 Å². The molecule has 2 aromatic rings. The Morgan fingerprint density at radius 2 is 2.17 bits per heavy atom. The Morgan fingerprint density at radius 1 is 1.39 bits per heavy atom. The first kappa shape index (κ1) is 13.1. The first-order chi connectivity index (χ1) is 8.61. The maximum atomic E-state index is 5.92. The monoisotopic (exact) mass is 245 g/mol. The van der Waals surface area contributed by atoms with Gasteiger partial charge < -0.3 is 10.3 Å². The van der Waals surface area contributed by atoms with E-state index in [1.807, 2.05) is 19.2 Å². The molecular weight excluding hydrogens is 222 g/mol. The van der Waals surface area contributed by atoms with Crippen LogP contribution < -0.4 is 5.73 Å². The van der Waals surface area contributed by atoms with Crippen LogP contribution >= 0.6 is 0 Å². The van der Waals surface area contributed by atoms with E-state index in [2.05, 4.69) is 35.7 Å². The first-order valence-electron chi connectivity index (χ1n) is 6.80. The molecule has 0 saturated heterocycles. The lowest BCUT2D eigenvalue weighted by molar-refractivity contribution is 0.475. The molecule has 2 aromatic heterocycles. The van der Waals surface area contributed by atoms with E-state index >= 15 is 0 Å². The van der Waals surface area contributed by atoms with Gasteiger partial charge in [0, 0.05) is 30.4 Å². The minimum absolute atomic E-state index is 0.188. The highest BCUT2D eigenvalue weighted by Gasteiger charge is 2.11. The smallest absolute Gasteiger partial charge is 0.140 e. The van der Waals surface area contributed by atoms with Gasteiger partial charge in [-0.05, 0) is 37.0 Å². The number of hydrogen-bond acceptors (Lipinski definition) is 2. The molecule has 0 fully saturated rings. The highest BCUT2D eigenvalue weighted by Crippen LogP contribution is 2.22. The molecule has 0 aliphatic rings. The van der Waals surface area contributed by atoms with Gasteiger partial charge in [0.1, 0.15) is 5.65 Å². The van der Waals surface area contributed by atoms with E-state index in [0.717, 1.165) is 18.6 Å². The van der Waals surface area contributed by atoms with Gasteiger partial charge >= 0.3 is 0 Å². The van der Waals surface area contributed by atoms with Crippen LogP contribution in [0.5, 0.6) is 0 Å². The zero-order valence-electron chi connectivity index (χ0n) is 11.6. The van der Waals surface area contributed by atoms with Crippen LogP contribution in [0.1, 0.15) is 32.8 Å². The number of pyridine rings is 1. The summed E-state index contributed by atoms with van der Waals surface area (Å²) < 4.78 is 2.28. The van der Waals surface area contributed by atoms with Crippen molar-refractivity contribution < 1.29 is 0 Å². The van der Waals surface area contributed by atoms with Crippen molar-refractivity contribution in [2.75, 3.05) is 0 Å². The summed E-state index contributed by atoms with van der Waals surface area (Å²) in [6.45, 7) is 7.59. The molecule has 0 amide bonds. The van der Waals surface area contributed by atoms with Crippen LogP contribution in [-0.4, -0.2) is 15.6 Å². The Kier molecular flexibility index (Phi) is 4.02. The molecule has 0 saturated carbocycles. The third-order valence-electron chi connectivity index (χ3n) is 3.46. The molecule has 2 rings (SSSR count). The number of rotatable bonds is 5. The van der Waals surface area contributed by atoms with Gasteiger partial charge in [0.15, 0.2) is 0 Å². The molecular formula is C15H23N3. The second-order valence-corrected chi connectivity index (χ2v) is 5.38. The van der Waals surface area contributed by atoms with Crippen LogP contribution in [-0.2, 0) is 13.0 Å². The van der Waals surface area contributed by atoms with Crippen LogP contribution in [0.3, 0.4) is 0 Å². The molecule has 18 heavy (non-hydrogen) atoms. The minimum atomic E-state index is 0.188. The van der Waals surface area contributed by atoms with E-state index in [9.17, 15) is 0 Å². The predicted molar refractivity (Wildman–Crippen MR) is 76.5 cm³/mol. The second kappa shape index (κ2) is 5.53. The molecule has 0 aromatic carbocycles. The van der Waals surface area contributed by atoms with Crippen molar-refractivity contribution in [3.05, 3.63) is 30.1 Å². The number of nitrogens with zero attached hydrogens (tertiary/aromatic N) is 2. The maximum Gasteiger partial charge on any atom is 0.140 e. The van der Waals surface area contributed by atoms with Gasteiger partial charge in [-0.15, -0.1) is 0 Å². The third-order valence-corrected chi connectivity index (χ3v) is 3.46. The number of nitrogens with two attached hydrogens (primary N) is 1. The van der Waals surface area contributed by atoms with Gasteiger partial charge in [0.05, 0.1) is 0 Å². The van der Waals surface area contributed by atoms with Crippen molar-refractivity contribution >= 4 is 11.0 Å². The van der Waals surface area contributed by atoms with E-state index < -0.39 is 0 Å². The first-order valence-corrected chi connectivity index (χ1v) is 6.80. The molecule has 2 heterocycles. The number of hydrogen-bond donors (Lipinski definition) is 1. The van der Waals surface area contributed by atoms with Crippen molar-refractivity contribution in [3.63, 3.8) is 0 Å². The van der Waals surface area contributed by atoms with Crippen molar-refractivity contribution in [1.82, 2.24) is 9.55 Å². The maximum absolute atomic E-state index is 5.92. The van der Waals surface area contributed by atoms with E-state index in [-0.39, 0.29) is 6.04 Å². The van der Waals surface area contributed by atoms with Gasteiger partial charge in [0.2, 0.25) is 0 Å². The molecule has 3 nitrogen and oxygen atoms in total. The highest BCUT2D eigenvalue weighted by atomic mass is 15.0. The molecule has 0 spiro atoms. The van der Waals surface area contributed by atoms with Crippen LogP contribution in [0.2, 0.25) is 0 Å². The minimum Gasteiger partial charge on any atom is -0.332 e. The third kappa shape index (κ3) is 2.72. The summed E-state index contributed by atoms with van der Waals surface area (Å²) in [5.74, 6) is 0.672. The Labute approximate surface area is 109 Å². The summed E-state index contributed by atoms with van der Waals surface area (Å²) >= 11 is 0. The largest absolute Gasteiger partial charge is 0.332 e.